The number of esters is 1. The lowest BCUT2D eigenvalue weighted by Crippen LogP contribution is -2.31. The highest BCUT2D eigenvalue weighted by atomic mass is 16.6. The third kappa shape index (κ3) is 3.67. The standard InChI is InChI=1S/C14H20N2O3/c1-9-5-11(8-18-10(2)17)19-14(6-9)12-3-4-16-7-13(12)15/h3-4,7,9,11,14H,5-6,8,15H2,1-2H3/t9-,11-,14+/m0/s1. The Morgan fingerprint density at radius 3 is 3.05 bits per heavy atom. The highest BCUT2D eigenvalue weighted by Gasteiger charge is 2.29. The summed E-state index contributed by atoms with van der Waals surface area (Å²) >= 11 is 0. The molecule has 1 saturated heterocycles. The topological polar surface area (TPSA) is 74.4 Å². The second-order valence-electron chi connectivity index (χ2n) is 5.13. The van der Waals surface area contributed by atoms with Gasteiger partial charge < -0.3 is 15.2 Å². The molecule has 0 unspecified atom stereocenters. The number of hydrogen-bond acceptors (Lipinski definition) is 5. The summed E-state index contributed by atoms with van der Waals surface area (Å²) in [7, 11) is 0. The molecule has 5 nitrogen and oxygen atoms in total. The monoisotopic (exact) mass is 264 g/mol. The van der Waals surface area contributed by atoms with Gasteiger partial charge in [0.2, 0.25) is 0 Å². The summed E-state index contributed by atoms with van der Waals surface area (Å²) in [6.07, 6.45) is 5.06. The molecule has 0 aliphatic carbocycles. The molecule has 19 heavy (non-hydrogen) atoms. The van der Waals surface area contributed by atoms with Gasteiger partial charge in [-0.2, -0.15) is 0 Å². The number of aromatic nitrogens is 1. The first-order valence-electron chi connectivity index (χ1n) is 6.54. The summed E-state index contributed by atoms with van der Waals surface area (Å²) in [6, 6.07) is 1.89. The minimum Gasteiger partial charge on any atom is -0.463 e. The van der Waals surface area contributed by atoms with Crippen molar-refractivity contribution in [2.24, 2.45) is 5.92 Å². The average Bonchev–Trinajstić information content (AvgIpc) is 2.36. The first-order chi connectivity index (χ1) is 9.06. The number of anilines is 1. The van der Waals surface area contributed by atoms with Crippen molar-refractivity contribution in [2.75, 3.05) is 12.3 Å². The van der Waals surface area contributed by atoms with Gasteiger partial charge in [0, 0.05) is 18.7 Å². The van der Waals surface area contributed by atoms with E-state index < -0.39 is 0 Å². The summed E-state index contributed by atoms with van der Waals surface area (Å²) in [5.74, 6) is 0.230. The Bertz CT molecular complexity index is 450. The van der Waals surface area contributed by atoms with Crippen LogP contribution in [0.4, 0.5) is 5.69 Å². The number of nitrogens with zero attached hydrogens (tertiary/aromatic N) is 1. The van der Waals surface area contributed by atoms with Crippen LogP contribution >= 0.6 is 0 Å². The van der Waals surface area contributed by atoms with Crippen LogP contribution in [0.1, 0.15) is 38.4 Å². The molecule has 1 aliphatic rings. The molecule has 0 amide bonds. The fourth-order valence-electron chi connectivity index (χ4n) is 2.48. The molecule has 1 aliphatic heterocycles. The van der Waals surface area contributed by atoms with Gasteiger partial charge >= 0.3 is 5.97 Å². The van der Waals surface area contributed by atoms with Crippen molar-refractivity contribution >= 4 is 11.7 Å². The number of carbonyl (C=O) groups is 1. The highest BCUT2D eigenvalue weighted by molar-refractivity contribution is 5.65. The molecule has 2 N–H and O–H groups in total. The normalized spacial score (nSPS) is 26.9. The quantitative estimate of drug-likeness (QED) is 0.846. The van der Waals surface area contributed by atoms with E-state index in [0.29, 0.717) is 18.2 Å². The van der Waals surface area contributed by atoms with Gasteiger partial charge in [0.15, 0.2) is 0 Å². The molecule has 0 aromatic carbocycles. The van der Waals surface area contributed by atoms with Crippen LogP contribution in [-0.4, -0.2) is 23.7 Å². The van der Waals surface area contributed by atoms with Gasteiger partial charge in [0.1, 0.15) is 6.61 Å². The molecule has 1 aromatic rings. The molecule has 1 aromatic heterocycles. The molecule has 5 heteroatoms. The zero-order valence-electron chi connectivity index (χ0n) is 11.3. The van der Waals surface area contributed by atoms with Crippen molar-refractivity contribution in [3.8, 4) is 0 Å². The molecule has 0 radical (unpaired) electrons. The smallest absolute Gasteiger partial charge is 0.302 e. The van der Waals surface area contributed by atoms with Crippen molar-refractivity contribution in [2.45, 2.75) is 38.9 Å². The Hall–Kier alpha value is -1.62. The van der Waals surface area contributed by atoms with Crippen molar-refractivity contribution < 1.29 is 14.3 Å². The minimum absolute atomic E-state index is 0.0488. The molecule has 0 saturated carbocycles. The largest absolute Gasteiger partial charge is 0.463 e. The van der Waals surface area contributed by atoms with Crippen LogP contribution in [0.15, 0.2) is 18.5 Å². The summed E-state index contributed by atoms with van der Waals surface area (Å²) in [6.45, 7) is 3.89. The predicted molar refractivity (Wildman–Crippen MR) is 71.3 cm³/mol. The SMILES string of the molecule is CC(=O)OC[C@@H]1C[C@H](C)C[C@H](c2ccncc2N)O1. The number of rotatable bonds is 3. The van der Waals surface area contributed by atoms with E-state index in [0.717, 1.165) is 18.4 Å². The van der Waals surface area contributed by atoms with E-state index in [-0.39, 0.29) is 18.2 Å². The summed E-state index contributed by atoms with van der Waals surface area (Å²) in [5.41, 5.74) is 7.55. The number of hydrogen-bond donors (Lipinski definition) is 1. The second kappa shape index (κ2) is 6.02. The second-order valence-corrected chi connectivity index (χ2v) is 5.13. The summed E-state index contributed by atoms with van der Waals surface area (Å²) in [5, 5.41) is 0. The van der Waals surface area contributed by atoms with E-state index in [9.17, 15) is 4.79 Å². The Balaban J connectivity index is 2.05. The van der Waals surface area contributed by atoms with Crippen molar-refractivity contribution in [1.82, 2.24) is 4.98 Å². The maximum Gasteiger partial charge on any atom is 0.302 e. The van der Waals surface area contributed by atoms with Crippen molar-refractivity contribution in [3.05, 3.63) is 24.0 Å². The van der Waals surface area contributed by atoms with E-state index in [1.165, 1.54) is 6.92 Å². The first-order valence-corrected chi connectivity index (χ1v) is 6.54. The highest BCUT2D eigenvalue weighted by Crippen LogP contribution is 2.36. The molecule has 2 rings (SSSR count). The lowest BCUT2D eigenvalue weighted by atomic mass is 9.90. The van der Waals surface area contributed by atoms with E-state index in [1.54, 1.807) is 12.4 Å². The van der Waals surface area contributed by atoms with Crippen LogP contribution in [0, 0.1) is 5.92 Å². The molecule has 104 valence electrons. The van der Waals surface area contributed by atoms with E-state index in [1.807, 2.05) is 6.07 Å². The number of pyridine rings is 1. The van der Waals surface area contributed by atoms with Gasteiger partial charge in [0.25, 0.3) is 0 Å². The van der Waals surface area contributed by atoms with Gasteiger partial charge in [-0.05, 0) is 24.8 Å². The fourth-order valence-corrected chi connectivity index (χ4v) is 2.48. The molecule has 3 atom stereocenters. The van der Waals surface area contributed by atoms with Crippen molar-refractivity contribution in [1.29, 1.82) is 0 Å². The van der Waals surface area contributed by atoms with Crippen LogP contribution in [0.25, 0.3) is 0 Å². The Morgan fingerprint density at radius 1 is 1.58 bits per heavy atom. The summed E-state index contributed by atoms with van der Waals surface area (Å²) < 4.78 is 11.0. The lowest BCUT2D eigenvalue weighted by Gasteiger charge is -2.34. The van der Waals surface area contributed by atoms with Crippen LogP contribution < -0.4 is 5.73 Å². The van der Waals surface area contributed by atoms with Gasteiger partial charge in [-0.15, -0.1) is 0 Å². The minimum atomic E-state index is -0.276. The van der Waals surface area contributed by atoms with Crippen LogP contribution in [0.5, 0.6) is 0 Å². The van der Waals surface area contributed by atoms with Crippen LogP contribution in [0.2, 0.25) is 0 Å². The third-order valence-electron chi connectivity index (χ3n) is 3.34. The summed E-state index contributed by atoms with van der Waals surface area (Å²) in [4.78, 5) is 14.9. The van der Waals surface area contributed by atoms with Gasteiger partial charge in [-0.3, -0.25) is 9.78 Å². The predicted octanol–water partition coefficient (Wildman–Crippen LogP) is 2.08. The lowest BCUT2D eigenvalue weighted by molar-refractivity contribution is -0.151. The number of ether oxygens (including phenoxy) is 2. The molecular formula is C14H20N2O3. The van der Waals surface area contributed by atoms with Gasteiger partial charge in [-0.25, -0.2) is 0 Å². The zero-order valence-corrected chi connectivity index (χ0v) is 11.3. The average molecular weight is 264 g/mol. The number of nitrogens with two attached hydrogens (primary N) is 1. The Morgan fingerprint density at radius 2 is 2.37 bits per heavy atom. The van der Waals surface area contributed by atoms with Crippen molar-refractivity contribution in [3.63, 3.8) is 0 Å². The zero-order chi connectivity index (χ0) is 13.8. The van der Waals surface area contributed by atoms with Gasteiger partial charge in [-0.1, -0.05) is 6.92 Å². The number of carbonyl (C=O) groups excluding carboxylic acids is 1. The molecular weight excluding hydrogens is 244 g/mol. The Kier molecular flexibility index (Phi) is 4.37. The molecule has 1 fully saturated rings. The van der Waals surface area contributed by atoms with Crippen LogP contribution in [0.3, 0.4) is 0 Å². The number of nitrogen functional groups attached to an aromatic ring is 1. The molecule has 0 spiro atoms. The Labute approximate surface area is 113 Å². The molecule has 0 bridgehead atoms. The maximum absolute atomic E-state index is 10.9. The van der Waals surface area contributed by atoms with E-state index in [2.05, 4.69) is 11.9 Å². The van der Waals surface area contributed by atoms with Crippen LogP contribution in [-0.2, 0) is 14.3 Å². The van der Waals surface area contributed by atoms with E-state index >= 15 is 0 Å². The first kappa shape index (κ1) is 13.8. The third-order valence-corrected chi connectivity index (χ3v) is 3.34. The van der Waals surface area contributed by atoms with Gasteiger partial charge in [0.05, 0.1) is 24.1 Å². The fraction of sp³-hybridized carbons (Fsp3) is 0.571. The van der Waals surface area contributed by atoms with E-state index in [4.69, 9.17) is 15.2 Å². The molecule has 2 heterocycles. The maximum atomic E-state index is 10.9.